The van der Waals surface area contributed by atoms with Crippen molar-refractivity contribution in [2.45, 2.75) is 39.8 Å². The largest absolute Gasteiger partial charge is 0.340 e. The fraction of sp³-hybridized carbons (Fsp3) is 0.571. The smallest absolute Gasteiger partial charge is 0.0947 e. The molecule has 0 aliphatic heterocycles. The fourth-order valence-corrected chi connectivity index (χ4v) is 2.39. The summed E-state index contributed by atoms with van der Waals surface area (Å²) in [5.41, 5.74) is 3.43. The van der Waals surface area contributed by atoms with Crippen LogP contribution < -0.4 is 5.32 Å². The molecule has 2 aromatic rings. The van der Waals surface area contributed by atoms with Gasteiger partial charge in [-0.2, -0.15) is 5.10 Å². The van der Waals surface area contributed by atoms with Gasteiger partial charge in [0.15, 0.2) is 0 Å². The number of nitrogens with zero attached hydrogens (tertiary/aromatic N) is 4. The Morgan fingerprint density at radius 3 is 2.74 bits per heavy atom. The summed E-state index contributed by atoms with van der Waals surface area (Å²) >= 11 is 0. The molecule has 1 unspecified atom stereocenters. The van der Waals surface area contributed by atoms with E-state index in [1.54, 1.807) is 0 Å². The number of nitrogens with one attached hydrogen (secondary N) is 1. The number of hydrogen-bond donors (Lipinski definition) is 1. The molecule has 0 aromatic carbocycles. The van der Waals surface area contributed by atoms with Gasteiger partial charge in [0.25, 0.3) is 0 Å². The molecule has 0 saturated heterocycles. The number of imidazole rings is 1. The van der Waals surface area contributed by atoms with Gasteiger partial charge >= 0.3 is 0 Å². The molecule has 0 amide bonds. The number of likely N-dealkylation sites (N-methyl/N-ethyl adjacent to an activating group) is 1. The molecule has 2 rings (SSSR count). The van der Waals surface area contributed by atoms with E-state index in [-0.39, 0.29) is 6.04 Å². The van der Waals surface area contributed by atoms with Crippen LogP contribution in [0.5, 0.6) is 0 Å². The van der Waals surface area contributed by atoms with Crippen molar-refractivity contribution in [2.75, 3.05) is 6.54 Å². The molecule has 1 N–H and O–H groups in total. The van der Waals surface area contributed by atoms with Crippen LogP contribution in [0.1, 0.15) is 37.0 Å². The molecule has 5 heteroatoms. The first-order chi connectivity index (χ1) is 9.13. The highest BCUT2D eigenvalue weighted by atomic mass is 15.3. The van der Waals surface area contributed by atoms with Crippen LogP contribution in [-0.2, 0) is 20.0 Å². The summed E-state index contributed by atoms with van der Waals surface area (Å²) in [4.78, 5) is 4.46. The van der Waals surface area contributed by atoms with Crippen molar-refractivity contribution < 1.29 is 0 Å². The normalized spacial score (nSPS) is 12.8. The first kappa shape index (κ1) is 13.8. The Morgan fingerprint density at radius 2 is 2.16 bits per heavy atom. The van der Waals surface area contributed by atoms with Gasteiger partial charge in [-0.3, -0.25) is 4.68 Å². The Balaban J connectivity index is 2.20. The minimum absolute atomic E-state index is 0.243. The van der Waals surface area contributed by atoms with E-state index in [0.29, 0.717) is 0 Å². The Hall–Kier alpha value is -1.62. The van der Waals surface area contributed by atoms with Crippen molar-refractivity contribution >= 4 is 0 Å². The Morgan fingerprint density at radius 1 is 1.37 bits per heavy atom. The van der Waals surface area contributed by atoms with Crippen LogP contribution >= 0.6 is 0 Å². The minimum Gasteiger partial charge on any atom is -0.340 e. The Kier molecular flexibility index (Phi) is 4.37. The van der Waals surface area contributed by atoms with E-state index >= 15 is 0 Å². The van der Waals surface area contributed by atoms with Gasteiger partial charge in [0, 0.05) is 31.9 Å². The first-order valence-corrected chi connectivity index (χ1v) is 6.88. The molecule has 0 bridgehead atoms. The van der Waals surface area contributed by atoms with Crippen LogP contribution in [-0.4, -0.2) is 25.9 Å². The van der Waals surface area contributed by atoms with Crippen LogP contribution in [0.25, 0.3) is 0 Å². The average molecular weight is 261 g/mol. The zero-order chi connectivity index (χ0) is 13.8. The summed E-state index contributed by atoms with van der Waals surface area (Å²) in [5, 5.41) is 8.01. The predicted octanol–water partition coefficient (Wildman–Crippen LogP) is 1.84. The van der Waals surface area contributed by atoms with E-state index in [1.165, 1.54) is 5.69 Å². The highest BCUT2D eigenvalue weighted by Crippen LogP contribution is 2.17. The van der Waals surface area contributed by atoms with Gasteiger partial charge in [0.2, 0.25) is 0 Å². The molecule has 104 valence electrons. The first-order valence-electron chi connectivity index (χ1n) is 6.88. The van der Waals surface area contributed by atoms with Crippen LogP contribution in [0.3, 0.4) is 0 Å². The average Bonchev–Trinajstić information content (AvgIpc) is 2.95. The van der Waals surface area contributed by atoms with Crippen LogP contribution in [0, 0.1) is 6.92 Å². The van der Waals surface area contributed by atoms with E-state index in [9.17, 15) is 0 Å². The lowest BCUT2D eigenvalue weighted by Gasteiger charge is -2.16. The lowest BCUT2D eigenvalue weighted by molar-refractivity contribution is 0.508. The van der Waals surface area contributed by atoms with Gasteiger partial charge in [0.05, 0.1) is 23.8 Å². The third-order valence-corrected chi connectivity index (χ3v) is 3.23. The van der Waals surface area contributed by atoms with E-state index in [4.69, 9.17) is 0 Å². The van der Waals surface area contributed by atoms with Crippen LogP contribution in [0.15, 0.2) is 18.6 Å². The molecule has 0 fully saturated rings. The van der Waals surface area contributed by atoms with Gasteiger partial charge < -0.3 is 9.88 Å². The molecule has 1 atom stereocenters. The Labute approximate surface area is 114 Å². The highest BCUT2D eigenvalue weighted by Gasteiger charge is 2.16. The molecule has 0 saturated carbocycles. The maximum Gasteiger partial charge on any atom is 0.0947 e. The van der Waals surface area contributed by atoms with Gasteiger partial charge in [-0.15, -0.1) is 0 Å². The highest BCUT2D eigenvalue weighted by molar-refractivity contribution is 5.14. The van der Waals surface area contributed by atoms with E-state index < -0.39 is 0 Å². The van der Waals surface area contributed by atoms with Crippen molar-refractivity contribution in [3.8, 4) is 0 Å². The van der Waals surface area contributed by atoms with Crippen molar-refractivity contribution in [1.29, 1.82) is 0 Å². The summed E-state index contributed by atoms with van der Waals surface area (Å²) in [5.74, 6) is 0. The van der Waals surface area contributed by atoms with Crippen molar-refractivity contribution in [2.24, 2.45) is 7.05 Å². The number of aryl methyl sites for hydroxylation is 3. The van der Waals surface area contributed by atoms with Crippen molar-refractivity contribution in [1.82, 2.24) is 24.6 Å². The van der Waals surface area contributed by atoms with Crippen molar-refractivity contribution in [3.05, 3.63) is 35.7 Å². The summed E-state index contributed by atoms with van der Waals surface area (Å²) in [7, 11) is 2.00. The predicted molar refractivity (Wildman–Crippen MR) is 76.0 cm³/mol. The van der Waals surface area contributed by atoms with Crippen molar-refractivity contribution in [3.63, 3.8) is 0 Å². The molecule has 19 heavy (non-hydrogen) atoms. The maximum absolute atomic E-state index is 4.50. The molecule has 2 heterocycles. The van der Waals surface area contributed by atoms with E-state index in [0.717, 1.165) is 30.9 Å². The third-order valence-electron chi connectivity index (χ3n) is 3.23. The van der Waals surface area contributed by atoms with Gasteiger partial charge in [-0.1, -0.05) is 6.92 Å². The summed E-state index contributed by atoms with van der Waals surface area (Å²) in [6.07, 6.45) is 4.84. The van der Waals surface area contributed by atoms with Crippen LogP contribution in [0.4, 0.5) is 0 Å². The quantitative estimate of drug-likeness (QED) is 0.863. The number of hydrogen-bond acceptors (Lipinski definition) is 3. The fourth-order valence-electron chi connectivity index (χ4n) is 2.39. The van der Waals surface area contributed by atoms with Gasteiger partial charge in [-0.05, 0) is 26.5 Å². The second-order valence-electron chi connectivity index (χ2n) is 4.87. The monoisotopic (exact) mass is 261 g/mol. The lowest BCUT2D eigenvalue weighted by atomic mass is 10.1. The molecule has 0 aliphatic carbocycles. The van der Waals surface area contributed by atoms with E-state index in [1.807, 2.05) is 24.9 Å². The molecule has 0 spiro atoms. The maximum atomic E-state index is 4.50. The number of rotatable bonds is 6. The van der Waals surface area contributed by atoms with Gasteiger partial charge in [-0.25, -0.2) is 4.98 Å². The topological polar surface area (TPSA) is 47.7 Å². The molecule has 5 nitrogen and oxygen atoms in total. The minimum atomic E-state index is 0.243. The summed E-state index contributed by atoms with van der Waals surface area (Å²) in [6.45, 7) is 8.13. The molecule has 0 aliphatic rings. The number of aromatic nitrogens is 4. The second kappa shape index (κ2) is 6.02. The Bertz CT molecular complexity index is 526. The molecule has 0 radical (unpaired) electrons. The van der Waals surface area contributed by atoms with Gasteiger partial charge in [0.1, 0.15) is 0 Å². The second-order valence-corrected chi connectivity index (χ2v) is 4.87. The molecular formula is C14H23N5. The molecule has 2 aromatic heterocycles. The van der Waals surface area contributed by atoms with Crippen LogP contribution in [0.2, 0.25) is 0 Å². The molecular weight excluding hydrogens is 238 g/mol. The third kappa shape index (κ3) is 3.23. The zero-order valence-corrected chi connectivity index (χ0v) is 12.2. The lowest BCUT2D eigenvalue weighted by Crippen LogP contribution is -2.24. The SMILES string of the molecule is CCNC(Cc1cc(C)nn1CC)c1cn(C)cn1. The zero-order valence-electron chi connectivity index (χ0n) is 12.2. The summed E-state index contributed by atoms with van der Waals surface area (Å²) in [6, 6.07) is 2.41. The standard InChI is InChI=1S/C14H23N5/c1-5-15-13(14-9-18(4)10-16-14)8-12-7-11(3)17-19(12)6-2/h7,9-10,13,15H,5-6,8H2,1-4H3. The summed E-state index contributed by atoms with van der Waals surface area (Å²) < 4.78 is 4.06. The van der Waals surface area contributed by atoms with E-state index in [2.05, 4.69) is 46.2 Å².